The van der Waals surface area contributed by atoms with E-state index >= 15 is 0 Å². The molecule has 1 saturated carbocycles. The van der Waals surface area contributed by atoms with Gasteiger partial charge >= 0.3 is 0 Å². The number of benzene rings is 1. The van der Waals surface area contributed by atoms with Crippen molar-refractivity contribution in [1.29, 1.82) is 5.26 Å². The van der Waals surface area contributed by atoms with E-state index in [1.807, 2.05) is 12.1 Å². The van der Waals surface area contributed by atoms with Crippen LogP contribution in [0.2, 0.25) is 0 Å². The lowest BCUT2D eigenvalue weighted by Crippen LogP contribution is -1.90. The lowest BCUT2D eigenvalue weighted by Gasteiger charge is -2.06. The molecule has 2 nitrogen and oxygen atoms in total. The van der Waals surface area contributed by atoms with Gasteiger partial charge < -0.3 is 4.57 Å². The number of nitrogens with zero attached hydrogens (tertiary/aromatic N) is 2. The standard InChI is InChI=1S/C15H16N2/c1-17-10-14(12-4-2-3-5-12)13-8-11(9-16)6-7-15(13)17/h6-8,10,12H,2-5H2,1H3. The zero-order chi connectivity index (χ0) is 11.8. The molecule has 1 heterocycles. The molecule has 0 atom stereocenters. The molecule has 0 aliphatic heterocycles. The van der Waals surface area contributed by atoms with Gasteiger partial charge in [-0.1, -0.05) is 12.8 Å². The smallest absolute Gasteiger partial charge is 0.0991 e. The summed E-state index contributed by atoms with van der Waals surface area (Å²) in [6, 6.07) is 8.25. The number of hydrogen-bond acceptors (Lipinski definition) is 1. The molecule has 0 spiro atoms. The van der Waals surface area contributed by atoms with Gasteiger partial charge in [-0.2, -0.15) is 5.26 Å². The van der Waals surface area contributed by atoms with Crippen molar-refractivity contribution in [2.45, 2.75) is 31.6 Å². The van der Waals surface area contributed by atoms with Gasteiger partial charge in [0.25, 0.3) is 0 Å². The molecule has 1 aliphatic rings. The molecule has 2 aromatic rings. The SMILES string of the molecule is Cn1cc(C2CCCC2)c2cc(C#N)ccc21. The summed E-state index contributed by atoms with van der Waals surface area (Å²) in [7, 11) is 2.09. The fraction of sp³-hybridized carbons (Fsp3) is 0.400. The average Bonchev–Trinajstić information content (AvgIpc) is 2.97. The summed E-state index contributed by atoms with van der Waals surface area (Å²) in [4.78, 5) is 0. The van der Waals surface area contributed by atoms with E-state index in [-0.39, 0.29) is 0 Å². The van der Waals surface area contributed by atoms with E-state index in [1.54, 1.807) is 0 Å². The molecule has 0 bridgehead atoms. The Morgan fingerprint density at radius 1 is 1.29 bits per heavy atom. The van der Waals surface area contributed by atoms with Gasteiger partial charge in [-0.15, -0.1) is 0 Å². The molecule has 0 saturated heterocycles. The van der Waals surface area contributed by atoms with Gasteiger partial charge in [-0.25, -0.2) is 0 Å². The predicted molar refractivity (Wildman–Crippen MR) is 68.8 cm³/mol. The van der Waals surface area contributed by atoms with E-state index in [1.165, 1.54) is 42.1 Å². The van der Waals surface area contributed by atoms with Crippen LogP contribution < -0.4 is 0 Å². The molecule has 3 rings (SSSR count). The summed E-state index contributed by atoms with van der Waals surface area (Å²) in [5, 5.41) is 10.3. The summed E-state index contributed by atoms with van der Waals surface area (Å²) in [5.41, 5.74) is 3.45. The Morgan fingerprint density at radius 3 is 2.76 bits per heavy atom. The van der Waals surface area contributed by atoms with E-state index in [0.717, 1.165) is 5.56 Å². The van der Waals surface area contributed by atoms with Gasteiger partial charge in [0, 0.05) is 24.1 Å². The minimum atomic E-state index is 0.702. The normalized spacial score (nSPS) is 16.5. The van der Waals surface area contributed by atoms with Crippen molar-refractivity contribution in [1.82, 2.24) is 4.57 Å². The molecule has 2 heteroatoms. The first-order valence-electron chi connectivity index (χ1n) is 6.28. The van der Waals surface area contributed by atoms with Gasteiger partial charge in [0.1, 0.15) is 0 Å². The van der Waals surface area contributed by atoms with Crippen molar-refractivity contribution in [2.75, 3.05) is 0 Å². The Hall–Kier alpha value is -1.75. The van der Waals surface area contributed by atoms with Crippen LogP contribution in [0, 0.1) is 11.3 Å². The molecular weight excluding hydrogens is 208 g/mol. The monoisotopic (exact) mass is 224 g/mol. The molecule has 17 heavy (non-hydrogen) atoms. The number of nitriles is 1. The summed E-state index contributed by atoms with van der Waals surface area (Å²) >= 11 is 0. The molecule has 1 aromatic carbocycles. The first kappa shape index (κ1) is 10.4. The Labute approximate surface area is 101 Å². The molecule has 1 aromatic heterocycles. The summed E-state index contributed by atoms with van der Waals surface area (Å²) < 4.78 is 2.18. The van der Waals surface area contributed by atoms with Crippen LogP contribution in [0.5, 0.6) is 0 Å². The van der Waals surface area contributed by atoms with Crippen molar-refractivity contribution in [2.24, 2.45) is 7.05 Å². The highest BCUT2D eigenvalue weighted by Crippen LogP contribution is 2.38. The second-order valence-electron chi connectivity index (χ2n) is 5.02. The Balaban J connectivity index is 2.20. The lowest BCUT2D eigenvalue weighted by molar-refractivity contribution is 0.724. The van der Waals surface area contributed by atoms with Crippen LogP contribution in [-0.4, -0.2) is 4.57 Å². The van der Waals surface area contributed by atoms with Crippen LogP contribution in [0.15, 0.2) is 24.4 Å². The predicted octanol–water partition coefficient (Wildman–Crippen LogP) is 3.71. The minimum Gasteiger partial charge on any atom is -0.350 e. The molecule has 1 aliphatic carbocycles. The fourth-order valence-corrected chi connectivity index (χ4v) is 3.05. The summed E-state index contributed by atoms with van der Waals surface area (Å²) in [6.07, 6.45) is 7.55. The number of fused-ring (bicyclic) bond motifs is 1. The lowest BCUT2D eigenvalue weighted by atomic mass is 9.96. The Morgan fingerprint density at radius 2 is 2.06 bits per heavy atom. The van der Waals surface area contributed by atoms with Crippen LogP contribution in [0.4, 0.5) is 0 Å². The van der Waals surface area contributed by atoms with E-state index in [4.69, 9.17) is 5.26 Å². The highest BCUT2D eigenvalue weighted by molar-refractivity contribution is 5.85. The number of hydrogen-bond donors (Lipinski definition) is 0. The van der Waals surface area contributed by atoms with E-state index in [2.05, 4.69) is 29.9 Å². The van der Waals surface area contributed by atoms with Crippen LogP contribution in [0.1, 0.15) is 42.7 Å². The summed E-state index contributed by atoms with van der Waals surface area (Å²) in [6.45, 7) is 0. The van der Waals surface area contributed by atoms with Gasteiger partial charge in [-0.3, -0.25) is 0 Å². The zero-order valence-corrected chi connectivity index (χ0v) is 10.1. The van der Waals surface area contributed by atoms with Crippen LogP contribution in [-0.2, 0) is 7.05 Å². The Kier molecular flexibility index (Phi) is 2.40. The molecule has 1 fully saturated rings. The molecule has 86 valence electrons. The average molecular weight is 224 g/mol. The first-order chi connectivity index (χ1) is 8.29. The van der Waals surface area contributed by atoms with Crippen LogP contribution >= 0.6 is 0 Å². The molecule has 0 amide bonds. The minimum absolute atomic E-state index is 0.702. The third-order valence-electron chi connectivity index (χ3n) is 3.94. The van der Waals surface area contributed by atoms with Crippen molar-refractivity contribution >= 4 is 10.9 Å². The van der Waals surface area contributed by atoms with Gasteiger partial charge in [0.2, 0.25) is 0 Å². The van der Waals surface area contributed by atoms with Crippen molar-refractivity contribution in [3.63, 3.8) is 0 Å². The van der Waals surface area contributed by atoms with E-state index < -0.39 is 0 Å². The zero-order valence-electron chi connectivity index (χ0n) is 10.1. The number of rotatable bonds is 1. The molecule has 0 unspecified atom stereocenters. The maximum Gasteiger partial charge on any atom is 0.0991 e. The Bertz CT molecular complexity index is 595. The molecule has 0 N–H and O–H groups in total. The van der Waals surface area contributed by atoms with Crippen molar-refractivity contribution in [3.8, 4) is 6.07 Å². The van der Waals surface area contributed by atoms with Crippen LogP contribution in [0.3, 0.4) is 0 Å². The quantitative estimate of drug-likeness (QED) is 0.726. The summed E-state index contributed by atoms with van der Waals surface area (Å²) in [5.74, 6) is 0.702. The van der Waals surface area contributed by atoms with E-state index in [0.29, 0.717) is 5.92 Å². The third kappa shape index (κ3) is 1.63. The molecular formula is C15H16N2. The second-order valence-corrected chi connectivity index (χ2v) is 5.02. The van der Waals surface area contributed by atoms with Gasteiger partial charge in [0.15, 0.2) is 0 Å². The fourth-order valence-electron chi connectivity index (χ4n) is 3.05. The number of aryl methyl sites for hydroxylation is 1. The topological polar surface area (TPSA) is 28.7 Å². The second kappa shape index (κ2) is 3.92. The van der Waals surface area contributed by atoms with E-state index in [9.17, 15) is 0 Å². The number of aromatic nitrogens is 1. The van der Waals surface area contributed by atoms with Crippen LogP contribution in [0.25, 0.3) is 10.9 Å². The maximum atomic E-state index is 9.00. The highest BCUT2D eigenvalue weighted by atomic mass is 14.9. The largest absolute Gasteiger partial charge is 0.350 e. The first-order valence-corrected chi connectivity index (χ1v) is 6.28. The van der Waals surface area contributed by atoms with Crippen molar-refractivity contribution in [3.05, 3.63) is 35.5 Å². The van der Waals surface area contributed by atoms with Gasteiger partial charge in [-0.05, 0) is 42.5 Å². The maximum absolute atomic E-state index is 9.00. The highest BCUT2D eigenvalue weighted by Gasteiger charge is 2.21. The third-order valence-corrected chi connectivity index (χ3v) is 3.94. The molecule has 0 radical (unpaired) electrons. The van der Waals surface area contributed by atoms with Crippen molar-refractivity contribution < 1.29 is 0 Å². The van der Waals surface area contributed by atoms with Gasteiger partial charge in [0.05, 0.1) is 11.6 Å².